The van der Waals surface area contributed by atoms with Gasteiger partial charge in [-0.1, -0.05) is 5.16 Å². The van der Waals surface area contributed by atoms with Crippen molar-refractivity contribution in [1.82, 2.24) is 5.16 Å². The lowest BCUT2D eigenvalue weighted by Gasteiger charge is -1.59. The SMILES string of the molecule is Brc1ccon1. The van der Waals surface area contributed by atoms with Gasteiger partial charge in [0.1, 0.15) is 10.9 Å². The molecule has 0 spiro atoms. The molecule has 0 unspecified atom stereocenters. The van der Waals surface area contributed by atoms with Gasteiger partial charge < -0.3 is 4.52 Å². The monoisotopic (exact) mass is 147 g/mol. The van der Waals surface area contributed by atoms with Gasteiger partial charge in [0, 0.05) is 6.07 Å². The molecule has 32 valence electrons. The van der Waals surface area contributed by atoms with Gasteiger partial charge in [0.2, 0.25) is 0 Å². The van der Waals surface area contributed by atoms with Crippen LogP contribution >= 0.6 is 15.9 Å². The lowest BCUT2D eigenvalue weighted by Crippen LogP contribution is -1.50. The number of hydrogen-bond donors (Lipinski definition) is 0. The van der Waals surface area contributed by atoms with E-state index < -0.39 is 0 Å². The largest absolute Gasteiger partial charge is 0.364 e. The Morgan fingerprint density at radius 3 is 2.83 bits per heavy atom. The first-order valence-corrected chi connectivity index (χ1v) is 2.25. The van der Waals surface area contributed by atoms with Crippen molar-refractivity contribution in [1.29, 1.82) is 0 Å². The van der Waals surface area contributed by atoms with Crippen molar-refractivity contribution >= 4 is 15.9 Å². The maximum absolute atomic E-state index is 4.42. The summed E-state index contributed by atoms with van der Waals surface area (Å²) >= 11 is 3.08. The third-order valence-electron chi connectivity index (χ3n) is 0.406. The summed E-state index contributed by atoms with van der Waals surface area (Å²) in [4.78, 5) is 0. The van der Waals surface area contributed by atoms with Gasteiger partial charge in [-0.15, -0.1) is 0 Å². The fraction of sp³-hybridized carbons (Fsp3) is 0. The molecule has 0 bridgehead atoms. The molecule has 0 fully saturated rings. The fourth-order valence-corrected chi connectivity index (χ4v) is 0.389. The maximum atomic E-state index is 4.42. The molecule has 0 aliphatic heterocycles. The minimum atomic E-state index is 0.738. The Kier molecular flexibility index (Phi) is 0.919. The molecule has 1 heterocycles. The molecule has 0 amide bonds. The minimum absolute atomic E-state index is 0.738. The zero-order valence-corrected chi connectivity index (χ0v) is 4.47. The van der Waals surface area contributed by atoms with Gasteiger partial charge in [-0.05, 0) is 15.9 Å². The Balaban J connectivity index is 3.05. The number of halogens is 1. The third kappa shape index (κ3) is 0.597. The molecule has 0 aliphatic rings. The zero-order chi connectivity index (χ0) is 4.41. The molecule has 1 rings (SSSR count). The van der Waals surface area contributed by atoms with Crippen molar-refractivity contribution in [2.75, 3.05) is 0 Å². The summed E-state index contributed by atoms with van der Waals surface area (Å²) in [6.45, 7) is 0. The van der Waals surface area contributed by atoms with E-state index in [2.05, 4.69) is 25.6 Å². The Morgan fingerprint density at radius 2 is 2.67 bits per heavy atom. The van der Waals surface area contributed by atoms with Crippen LogP contribution in [0.3, 0.4) is 0 Å². The second-order valence-corrected chi connectivity index (χ2v) is 1.63. The number of rotatable bonds is 0. The Labute approximate surface area is 43.3 Å². The molecule has 6 heavy (non-hydrogen) atoms. The van der Waals surface area contributed by atoms with Crippen molar-refractivity contribution < 1.29 is 4.52 Å². The average molecular weight is 148 g/mol. The quantitative estimate of drug-likeness (QED) is 0.556. The first-order chi connectivity index (χ1) is 2.89. The molecule has 0 saturated carbocycles. The lowest BCUT2D eigenvalue weighted by molar-refractivity contribution is 0.415. The first kappa shape index (κ1) is 3.87. The topological polar surface area (TPSA) is 26.0 Å². The third-order valence-corrected chi connectivity index (χ3v) is 0.815. The fourth-order valence-electron chi connectivity index (χ4n) is 0.198. The molecule has 2 nitrogen and oxygen atoms in total. The molecule has 0 aromatic carbocycles. The van der Waals surface area contributed by atoms with Gasteiger partial charge in [0.05, 0.1) is 0 Å². The molecule has 0 N–H and O–H groups in total. The van der Waals surface area contributed by atoms with E-state index in [1.807, 2.05) is 0 Å². The van der Waals surface area contributed by atoms with Crippen molar-refractivity contribution in [3.05, 3.63) is 16.9 Å². The van der Waals surface area contributed by atoms with Gasteiger partial charge in [-0.3, -0.25) is 0 Å². The summed E-state index contributed by atoms with van der Waals surface area (Å²) in [5, 5.41) is 3.46. The minimum Gasteiger partial charge on any atom is -0.364 e. The smallest absolute Gasteiger partial charge is 0.149 e. The highest BCUT2D eigenvalue weighted by molar-refractivity contribution is 9.10. The predicted molar refractivity (Wildman–Crippen MR) is 24.2 cm³/mol. The van der Waals surface area contributed by atoms with Crippen molar-refractivity contribution in [2.45, 2.75) is 0 Å². The van der Waals surface area contributed by atoms with E-state index in [0.717, 1.165) is 4.60 Å². The molecule has 0 radical (unpaired) electrons. The summed E-state index contributed by atoms with van der Waals surface area (Å²) in [5.41, 5.74) is 0. The van der Waals surface area contributed by atoms with Crippen molar-refractivity contribution in [3.63, 3.8) is 0 Å². The summed E-state index contributed by atoms with van der Waals surface area (Å²) in [6.07, 6.45) is 1.50. The molecule has 1 aromatic heterocycles. The summed E-state index contributed by atoms with van der Waals surface area (Å²) in [5.74, 6) is 0. The Hall–Kier alpha value is -0.310. The molecular weight excluding hydrogens is 146 g/mol. The van der Waals surface area contributed by atoms with E-state index >= 15 is 0 Å². The van der Waals surface area contributed by atoms with Gasteiger partial charge in [-0.2, -0.15) is 0 Å². The Morgan fingerprint density at radius 1 is 1.83 bits per heavy atom. The Bertz CT molecular complexity index is 114. The number of aromatic nitrogens is 1. The highest BCUT2D eigenvalue weighted by Gasteiger charge is 1.80. The van der Waals surface area contributed by atoms with Crippen LogP contribution in [0.4, 0.5) is 0 Å². The van der Waals surface area contributed by atoms with Gasteiger partial charge in [0.25, 0.3) is 0 Å². The van der Waals surface area contributed by atoms with Crippen LogP contribution in [0, 0.1) is 0 Å². The van der Waals surface area contributed by atoms with Crippen molar-refractivity contribution in [2.24, 2.45) is 0 Å². The van der Waals surface area contributed by atoms with E-state index in [9.17, 15) is 0 Å². The van der Waals surface area contributed by atoms with E-state index in [0.29, 0.717) is 0 Å². The number of nitrogens with zero attached hydrogens (tertiary/aromatic N) is 1. The van der Waals surface area contributed by atoms with Crippen molar-refractivity contribution in [3.8, 4) is 0 Å². The second kappa shape index (κ2) is 1.43. The van der Waals surface area contributed by atoms with E-state index in [1.54, 1.807) is 6.07 Å². The van der Waals surface area contributed by atoms with Crippen LogP contribution in [0.25, 0.3) is 0 Å². The lowest BCUT2D eigenvalue weighted by atomic mass is 10.8. The van der Waals surface area contributed by atoms with E-state index in [1.165, 1.54) is 6.26 Å². The standard InChI is InChI=1S/C3H2BrNO/c4-3-1-2-6-5-3/h1-2H. The van der Waals surface area contributed by atoms with Crippen LogP contribution in [-0.2, 0) is 0 Å². The van der Waals surface area contributed by atoms with E-state index in [-0.39, 0.29) is 0 Å². The molecule has 1 aromatic rings. The van der Waals surface area contributed by atoms with Crippen LogP contribution in [0.15, 0.2) is 21.5 Å². The summed E-state index contributed by atoms with van der Waals surface area (Å²) < 4.78 is 5.16. The first-order valence-electron chi connectivity index (χ1n) is 1.45. The predicted octanol–water partition coefficient (Wildman–Crippen LogP) is 1.44. The average Bonchev–Trinajstić information content (AvgIpc) is 1.86. The molecule has 0 aliphatic carbocycles. The van der Waals surface area contributed by atoms with Gasteiger partial charge in [-0.25, -0.2) is 0 Å². The van der Waals surface area contributed by atoms with E-state index in [4.69, 9.17) is 0 Å². The molecule has 0 saturated heterocycles. The van der Waals surface area contributed by atoms with Crippen LogP contribution in [0.5, 0.6) is 0 Å². The highest BCUT2D eigenvalue weighted by atomic mass is 79.9. The second-order valence-electron chi connectivity index (χ2n) is 0.822. The van der Waals surface area contributed by atoms with Crippen LogP contribution < -0.4 is 0 Å². The molecular formula is C3H2BrNO. The van der Waals surface area contributed by atoms with Crippen LogP contribution in [-0.4, -0.2) is 5.16 Å². The molecule has 0 atom stereocenters. The normalized spacial score (nSPS) is 8.83. The zero-order valence-electron chi connectivity index (χ0n) is 2.89. The summed E-state index contributed by atoms with van der Waals surface area (Å²) in [6, 6.07) is 1.72. The van der Waals surface area contributed by atoms with Gasteiger partial charge >= 0.3 is 0 Å². The van der Waals surface area contributed by atoms with Crippen LogP contribution in [0.1, 0.15) is 0 Å². The van der Waals surface area contributed by atoms with Gasteiger partial charge in [0.15, 0.2) is 0 Å². The maximum Gasteiger partial charge on any atom is 0.149 e. The number of hydrogen-bond acceptors (Lipinski definition) is 2. The summed E-state index contributed by atoms with van der Waals surface area (Å²) in [7, 11) is 0. The molecule has 3 heteroatoms. The highest BCUT2D eigenvalue weighted by Crippen LogP contribution is 2.01. The van der Waals surface area contributed by atoms with Crippen LogP contribution in [0.2, 0.25) is 0 Å².